The van der Waals surface area contributed by atoms with Crippen molar-refractivity contribution in [3.05, 3.63) is 41.5 Å². The first-order valence-electron chi connectivity index (χ1n) is 5.91. The Hall–Kier alpha value is -2.14. The molecule has 3 N–H and O–H groups in total. The number of benzene rings is 1. The molecule has 0 bridgehead atoms. The second-order valence-corrected chi connectivity index (χ2v) is 4.24. The van der Waals surface area contributed by atoms with E-state index in [4.69, 9.17) is 5.11 Å². The first-order chi connectivity index (χ1) is 8.95. The molecule has 0 saturated carbocycles. The maximum absolute atomic E-state index is 11.6. The molecule has 0 aliphatic heterocycles. The number of amides is 1. The van der Waals surface area contributed by atoms with Gasteiger partial charge in [-0.25, -0.2) is 4.79 Å². The Morgan fingerprint density at radius 3 is 2.63 bits per heavy atom. The van der Waals surface area contributed by atoms with Crippen LogP contribution in [-0.2, 0) is 4.79 Å². The number of aromatic carboxylic acids is 1. The summed E-state index contributed by atoms with van der Waals surface area (Å²) in [5.41, 5.74) is 2.23. The molecule has 102 valence electrons. The molecule has 5 heteroatoms. The van der Waals surface area contributed by atoms with Gasteiger partial charge in [-0.2, -0.15) is 0 Å². The predicted molar refractivity (Wildman–Crippen MR) is 74.6 cm³/mol. The van der Waals surface area contributed by atoms with Gasteiger partial charge in [0.2, 0.25) is 5.91 Å². The fraction of sp³-hybridized carbons (Fsp3) is 0.286. The van der Waals surface area contributed by atoms with Crippen LogP contribution < -0.4 is 10.6 Å². The Balaban J connectivity index is 2.81. The predicted octanol–water partition coefficient (Wildman–Crippen LogP) is 1.72. The van der Waals surface area contributed by atoms with Gasteiger partial charge in [-0.15, -0.1) is 6.58 Å². The van der Waals surface area contributed by atoms with Gasteiger partial charge in [-0.3, -0.25) is 4.79 Å². The molecule has 0 fully saturated rings. The van der Waals surface area contributed by atoms with Crippen LogP contribution in [0.5, 0.6) is 0 Å². The van der Waals surface area contributed by atoms with Crippen molar-refractivity contribution in [2.24, 2.45) is 0 Å². The summed E-state index contributed by atoms with van der Waals surface area (Å²) >= 11 is 0. The summed E-state index contributed by atoms with van der Waals surface area (Å²) in [4.78, 5) is 22.7. The van der Waals surface area contributed by atoms with E-state index in [1.54, 1.807) is 19.1 Å². The zero-order valence-electron chi connectivity index (χ0n) is 11.1. The third-order valence-corrected chi connectivity index (χ3v) is 2.76. The highest BCUT2D eigenvalue weighted by Gasteiger charge is 2.12. The molecule has 0 radical (unpaired) electrons. The zero-order chi connectivity index (χ0) is 14.4. The quantitative estimate of drug-likeness (QED) is 0.539. The van der Waals surface area contributed by atoms with Crippen molar-refractivity contribution in [3.63, 3.8) is 0 Å². The topological polar surface area (TPSA) is 78.4 Å². The highest BCUT2D eigenvalue weighted by atomic mass is 16.4. The van der Waals surface area contributed by atoms with E-state index in [1.807, 2.05) is 6.92 Å². The fourth-order valence-corrected chi connectivity index (χ4v) is 1.65. The first-order valence-corrected chi connectivity index (χ1v) is 5.91. The number of carbonyl (C=O) groups excluding carboxylic acids is 1. The Morgan fingerprint density at radius 2 is 2.05 bits per heavy atom. The molecule has 19 heavy (non-hydrogen) atoms. The van der Waals surface area contributed by atoms with E-state index in [1.165, 1.54) is 6.07 Å². The van der Waals surface area contributed by atoms with E-state index in [-0.39, 0.29) is 18.0 Å². The van der Waals surface area contributed by atoms with Gasteiger partial charge in [0.05, 0.1) is 12.1 Å². The normalized spacial score (nSPS) is 10.0. The van der Waals surface area contributed by atoms with Gasteiger partial charge >= 0.3 is 5.97 Å². The Morgan fingerprint density at radius 1 is 1.37 bits per heavy atom. The van der Waals surface area contributed by atoms with Crippen molar-refractivity contribution < 1.29 is 14.7 Å². The summed E-state index contributed by atoms with van der Waals surface area (Å²) < 4.78 is 0. The Kier molecular flexibility index (Phi) is 5.26. The minimum atomic E-state index is -0.999. The molecule has 5 nitrogen and oxygen atoms in total. The van der Waals surface area contributed by atoms with Crippen LogP contribution in [0.4, 0.5) is 5.69 Å². The van der Waals surface area contributed by atoms with Crippen LogP contribution in [-0.4, -0.2) is 30.1 Å². The van der Waals surface area contributed by atoms with Crippen LogP contribution in [0.3, 0.4) is 0 Å². The Bertz CT molecular complexity index is 510. The summed E-state index contributed by atoms with van der Waals surface area (Å²) in [5, 5.41) is 14.6. The van der Waals surface area contributed by atoms with Crippen molar-refractivity contribution in [1.29, 1.82) is 0 Å². The lowest BCUT2D eigenvalue weighted by molar-refractivity contribution is -0.115. The van der Waals surface area contributed by atoms with Crippen molar-refractivity contribution >= 4 is 17.6 Å². The minimum absolute atomic E-state index is 0.154. The maximum atomic E-state index is 11.6. The van der Waals surface area contributed by atoms with Crippen LogP contribution in [0.15, 0.2) is 24.8 Å². The SMILES string of the molecule is C=CCNCC(=O)Nc1cc(C)c(C)c(C(=O)O)c1. The lowest BCUT2D eigenvalue weighted by atomic mass is 10.0. The number of anilines is 1. The molecule has 1 amide bonds. The highest BCUT2D eigenvalue weighted by Crippen LogP contribution is 2.19. The van der Waals surface area contributed by atoms with Gasteiger partial charge in [0, 0.05) is 12.2 Å². The second kappa shape index (κ2) is 6.70. The lowest BCUT2D eigenvalue weighted by Crippen LogP contribution is -2.28. The Labute approximate surface area is 112 Å². The van der Waals surface area contributed by atoms with E-state index >= 15 is 0 Å². The molecule has 0 aromatic heterocycles. The second-order valence-electron chi connectivity index (χ2n) is 4.24. The monoisotopic (exact) mass is 262 g/mol. The number of rotatable bonds is 6. The first kappa shape index (κ1) is 14.9. The number of carbonyl (C=O) groups is 2. The standard InChI is InChI=1S/C14H18N2O3/c1-4-5-15-8-13(17)16-11-6-9(2)10(3)12(7-11)14(18)19/h4,6-7,15H,1,5,8H2,2-3H3,(H,16,17)(H,18,19). The van der Waals surface area contributed by atoms with Gasteiger partial charge < -0.3 is 15.7 Å². The number of aryl methyl sites for hydroxylation is 1. The largest absolute Gasteiger partial charge is 0.478 e. The average Bonchev–Trinajstić information content (AvgIpc) is 2.33. The summed E-state index contributed by atoms with van der Waals surface area (Å²) in [6.07, 6.45) is 1.66. The van der Waals surface area contributed by atoms with Crippen molar-refractivity contribution in [2.45, 2.75) is 13.8 Å². The van der Waals surface area contributed by atoms with Crippen LogP contribution in [0.25, 0.3) is 0 Å². The number of nitrogens with one attached hydrogen (secondary N) is 2. The molecule has 0 atom stereocenters. The van der Waals surface area contributed by atoms with Crippen molar-refractivity contribution in [3.8, 4) is 0 Å². The molecule has 0 heterocycles. The number of carboxylic acids is 1. The van der Waals surface area contributed by atoms with Crippen LogP contribution in [0.1, 0.15) is 21.5 Å². The average molecular weight is 262 g/mol. The number of hydrogen-bond acceptors (Lipinski definition) is 3. The summed E-state index contributed by atoms with van der Waals surface area (Å²) in [5.74, 6) is -1.22. The molecule has 0 aliphatic carbocycles. The smallest absolute Gasteiger partial charge is 0.336 e. The molecule has 1 aromatic carbocycles. The summed E-state index contributed by atoms with van der Waals surface area (Å²) in [6, 6.07) is 3.23. The lowest BCUT2D eigenvalue weighted by Gasteiger charge is -2.10. The van der Waals surface area contributed by atoms with Crippen LogP contribution in [0.2, 0.25) is 0 Å². The van der Waals surface area contributed by atoms with Crippen LogP contribution in [0, 0.1) is 13.8 Å². The molecule has 1 aromatic rings. The summed E-state index contributed by atoms with van der Waals surface area (Å²) in [6.45, 7) is 7.79. The van der Waals surface area contributed by atoms with Crippen molar-refractivity contribution in [1.82, 2.24) is 5.32 Å². The molecule has 0 spiro atoms. The molecular formula is C14H18N2O3. The number of hydrogen-bond donors (Lipinski definition) is 3. The van der Waals surface area contributed by atoms with Crippen LogP contribution >= 0.6 is 0 Å². The van der Waals surface area contributed by atoms with Gasteiger partial charge in [0.15, 0.2) is 0 Å². The van der Waals surface area contributed by atoms with E-state index in [0.717, 1.165) is 5.56 Å². The third-order valence-electron chi connectivity index (χ3n) is 2.76. The maximum Gasteiger partial charge on any atom is 0.336 e. The zero-order valence-corrected chi connectivity index (χ0v) is 11.1. The van der Waals surface area contributed by atoms with E-state index in [0.29, 0.717) is 17.8 Å². The minimum Gasteiger partial charge on any atom is -0.478 e. The van der Waals surface area contributed by atoms with Crippen molar-refractivity contribution in [2.75, 3.05) is 18.4 Å². The van der Waals surface area contributed by atoms with Gasteiger partial charge in [0.25, 0.3) is 0 Å². The third kappa shape index (κ3) is 4.22. The fourth-order valence-electron chi connectivity index (χ4n) is 1.65. The molecule has 0 unspecified atom stereocenters. The number of carboxylic acid groups (broad SMARTS) is 1. The van der Waals surface area contributed by atoms with Gasteiger partial charge in [-0.1, -0.05) is 6.08 Å². The van der Waals surface area contributed by atoms with Gasteiger partial charge in [0.1, 0.15) is 0 Å². The molecular weight excluding hydrogens is 244 g/mol. The van der Waals surface area contributed by atoms with Gasteiger partial charge in [-0.05, 0) is 37.1 Å². The molecule has 0 aliphatic rings. The molecule has 0 saturated heterocycles. The highest BCUT2D eigenvalue weighted by molar-refractivity contribution is 5.96. The summed E-state index contributed by atoms with van der Waals surface area (Å²) in [7, 11) is 0. The van der Waals surface area contributed by atoms with E-state index < -0.39 is 5.97 Å². The molecule has 1 rings (SSSR count). The van der Waals surface area contributed by atoms with E-state index in [2.05, 4.69) is 17.2 Å². The van der Waals surface area contributed by atoms with E-state index in [9.17, 15) is 9.59 Å².